The summed E-state index contributed by atoms with van der Waals surface area (Å²) in [6, 6.07) is 10.6. The fourth-order valence-corrected chi connectivity index (χ4v) is 4.79. The van der Waals surface area contributed by atoms with Gasteiger partial charge in [0, 0.05) is 0 Å². The second-order valence-corrected chi connectivity index (χ2v) is 8.21. The summed E-state index contributed by atoms with van der Waals surface area (Å²) in [6.45, 7) is 4.59. The van der Waals surface area contributed by atoms with Gasteiger partial charge in [0.15, 0.2) is 0 Å². The van der Waals surface area contributed by atoms with E-state index in [9.17, 15) is 0 Å². The van der Waals surface area contributed by atoms with E-state index in [0.717, 1.165) is 5.92 Å². The maximum absolute atomic E-state index is 3.55. The summed E-state index contributed by atoms with van der Waals surface area (Å²) in [7, 11) is 1.20. The standard InChI is InChI=1S/C16H23NS/c1-14(2)9-11-18(17-3)12-10-16(13-18)15-7-5-4-6-8-15/h4-8,10,12-14,17H,9,11H2,1-3H3. The molecule has 0 amide bonds. The third kappa shape index (κ3) is 3.06. The van der Waals surface area contributed by atoms with Crippen LogP contribution in [0, 0.1) is 5.92 Å². The van der Waals surface area contributed by atoms with E-state index in [1.165, 1.54) is 23.3 Å². The monoisotopic (exact) mass is 261 g/mol. The van der Waals surface area contributed by atoms with Crippen molar-refractivity contribution in [3.8, 4) is 0 Å². The summed E-state index contributed by atoms with van der Waals surface area (Å²) in [5.41, 5.74) is 2.69. The highest BCUT2D eigenvalue weighted by Gasteiger charge is 2.21. The molecule has 0 aromatic heterocycles. The van der Waals surface area contributed by atoms with Crippen LogP contribution in [0.3, 0.4) is 0 Å². The fraction of sp³-hybridized carbons (Fsp3) is 0.375. The van der Waals surface area contributed by atoms with Gasteiger partial charge in [-0.2, -0.15) is 0 Å². The molecule has 2 rings (SSSR count). The van der Waals surface area contributed by atoms with Crippen LogP contribution in [-0.2, 0) is 0 Å². The topological polar surface area (TPSA) is 12.0 Å². The molecular formula is C16H23NS. The van der Waals surface area contributed by atoms with Crippen LogP contribution < -0.4 is 4.72 Å². The predicted molar refractivity (Wildman–Crippen MR) is 84.5 cm³/mol. The Kier molecular flexibility index (Phi) is 4.31. The average molecular weight is 261 g/mol. The lowest BCUT2D eigenvalue weighted by Gasteiger charge is -2.31. The Labute approximate surface area is 112 Å². The van der Waals surface area contributed by atoms with Crippen molar-refractivity contribution in [2.24, 2.45) is 5.92 Å². The van der Waals surface area contributed by atoms with E-state index < -0.39 is 10.2 Å². The number of hydrogen-bond donors (Lipinski definition) is 1. The zero-order valence-corrected chi connectivity index (χ0v) is 12.3. The van der Waals surface area contributed by atoms with E-state index >= 15 is 0 Å². The molecule has 1 atom stereocenters. The van der Waals surface area contributed by atoms with Crippen LogP contribution in [0.5, 0.6) is 0 Å². The molecule has 1 aliphatic rings. The zero-order valence-electron chi connectivity index (χ0n) is 11.5. The van der Waals surface area contributed by atoms with Crippen LogP contribution in [0.25, 0.3) is 5.57 Å². The number of allylic oxidation sites excluding steroid dienone is 2. The molecule has 98 valence electrons. The first-order valence-corrected chi connectivity index (χ1v) is 8.53. The van der Waals surface area contributed by atoms with Crippen LogP contribution in [0.4, 0.5) is 0 Å². The first-order valence-electron chi connectivity index (χ1n) is 6.60. The molecule has 2 heteroatoms. The molecule has 0 spiro atoms. The van der Waals surface area contributed by atoms with E-state index in [-0.39, 0.29) is 0 Å². The van der Waals surface area contributed by atoms with Gasteiger partial charge in [-0.3, -0.25) is 4.72 Å². The van der Waals surface area contributed by atoms with Gasteiger partial charge in [0.05, 0.1) is 0 Å². The normalized spacial score (nSPS) is 26.1. The summed E-state index contributed by atoms with van der Waals surface area (Å²) in [5, 5.41) is 4.84. The fourth-order valence-electron chi connectivity index (χ4n) is 2.08. The van der Waals surface area contributed by atoms with Gasteiger partial charge in [0.2, 0.25) is 0 Å². The van der Waals surface area contributed by atoms with Crippen molar-refractivity contribution in [2.75, 3.05) is 12.8 Å². The Morgan fingerprint density at radius 3 is 2.50 bits per heavy atom. The molecule has 1 aliphatic heterocycles. The van der Waals surface area contributed by atoms with Gasteiger partial charge in [-0.1, -0.05) is 44.2 Å². The van der Waals surface area contributed by atoms with Crippen LogP contribution in [0.1, 0.15) is 25.8 Å². The van der Waals surface area contributed by atoms with Crippen molar-refractivity contribution in [1.82, 2.24) is 4.72 Å². The average Bonchev–Trinajstić information content (AvgIpc) is 2.83. The van der Waals surface area contributed by atoms with Crippen molar-refractivity contribution in [3.05, 3.63) is 52.8 Å². The van der Waals surface area contributed by atoms with Crippen molar-refractivity contribution in [1.29, 1.82) is 0 Å². The zero-order chi connectivity index (χ0) is 13.0. The molecule has 0 saturated heterocycles. The lowest BCUT2D eigenvalue weighted by Crippen LogP contribution is -2.15. The smallest absolute Gasteiger partial charge is 0.00357 e. The first-order chi connectivity index (χ1) is 8.65. The molecule has 1 unspecified atom stereocenters. The molecule has 1 nitrogen and oxygen atoms in total. The van der Waals surface area contributed by atoms with E-state index in [4.69, 9.17) is 0 Å². The van der Waals surface area contributed by atoms with Gasteiger partial charge >= 0.3 is 0 Å². The SMILES string of the molecule is CNS1(CCC(C)C)C=CC(c2ccccc2)=C1. The van der Waals surface area contributed by atoms with Crippen LogP contribution in [0.15, 0.2) is 47.2 Å². The second kappa shape index (κ2) is 5.77. The highest BCUT2D eigenvalue weighted by molar-refractivity contribution is 8.37. The molecule has 0 saturated carbocycles. The maximum atomic E-state index is 3.55. The van der Waals surface area contributed by atoms with Crippen molar-refractivity contribution in [3.63, 3.8) is 0 Å². The number of benzene rings is 1. The van der Waals surface area contributed by atoms with Gasteiger partial charge in [-0.25, -0.2) is 0 Å². The summed E-state index contributed by atoms with van der Waals surface area (Å²) in [6.07, 6.45) is 3.56. The number of hydrogen-bond acceptors (Lipinski definition) is 1. The highest BCUT2D eigenvalue weighted by Crippen LogP contribution is 2.53. The van der Waals surface area contributed by atoms with Crippen molar-refractivity contribution >= 4 is 15.8 Å². The molecule has 0 fully saturated rings. The Hall–Kier alpha value is -0.990. The van der Waals surface area contributed by atoms with Gasteiger partial charge in [-0.05, 0) is 53.2 Å². The van der Waals surface area contributed by atoms with Gasteiger partial charge in [0.1, 0.15) is 0 Å². The molecule has 1 N–H and O–H groups in total. The summed E-state index contributed by atoms with van der Waals surface area (Å²) >= 11 is 0. The summed E-state index contributed by atoms with van der Waals surface area (Å²) in [4.78, 5) is 0. The number of nitrogens with one attached hydrogen (secondary N) is 1. The minimum atomic E-state index is -0.884. The maximum Gasteiger partial charge on any atom is -0.00357 e. The van der Waals surface area contributed by atoms with Crippen LogP contribution in [-0.4, -0.2) is 12.8 Å². The largest absolute Gasteiger partial charge is 0.277 e. The molecule has 0 bridgehead atoms. The lowest BCUT2D eigenvalue weighted by atomic mass is 10.1. The third-order valence-corrected chi connectivity index (χ3v) is 6.32. The minimum Gasteiger partial charge on any atom is -0.277 e. The van der Waals surface area contributed by atoms with E-state index in [1.807, 2.05) is 0 Å². The number of rotatable bonds is 5. The highest BCUT2D eigenvalue weighted by atomic mass is 32.3. The molecular weight excluding hydrogens is 238 g/mol. The second-order valence-electron chi connectivity index (χ2n) is 5.18. The minimum absolute atomic E-state index is 0.769. The Morgan fingerprint density at radius 1 is 1.17 bits per heavy atom. The third-order valence-electron chi connectivity index (χ3n) is 3.35. The molecule has 1 aromatic rings. The molecule has 18 heavy (non-hydrogen) atoms. The van der Waals surface area contributed by atoms with Crippen molar-refractivity contribution < 1.29 is 0 Å². The lowest BCUT2D eigenvalue weighted by molar-refractivity contribution is 0.630. The Morgan fingerprint density at radius 2 is 1.89 bits per heavy atom. The molecule has 1 aromatic carbocycles. The summed E-state index contributed by atoms with van der Waals surface area (Å²) < 4.78 is 3.55. The Balaban J connectivity index is 2.17. The van der Waals surface area contributed by atoms with Crippen LogP contribution >= 0.6 is 10.2 Å². The van der Waals surface area contributed by atoms with Crippen molar-refractivity contribution in [2.45, 2.75) is 20.3 Å². The quantitative estimate of drug-likeness (QED) is 0.820. The van der Waals surface area contributed by atoms with Gasteiger partial charge < -0.3 is 0 Å². The van der Waals surface area contributed by atoms with E-state index in [1.54, 1.807) is 0 Å². The van der Waals surface area contributed by atoms with Gasteiger partial charge in [-0.15, -0.1) is 10.2 Å². The Bertz CT molecular complexity index is 447. The van der Waals surface area contributed by atoms with E-state index in [2.05, 4.69) is 72.8 Å². The first kappa shape index (κ1) is 13.4. The molecule has 1 heterocycles. The molecule has 0 aliphatic carbocycles. The van der Waals surface area contributed by atoms with Crippen LogP contribution in [0.2, 0.25) is 0 Å². The molecule has 0 radical (unpaired) electrons. The van der Waals surface area contributed by atoms with E-state index in [0.29, 0.717) is 0 Å². The predicted octanol–water partition coefficient (Wildman–Crippen LogP) is 4.54. The van der Waals surface area contributed by atoms with Gasteiger partial charge in [0.25, 0.3) is 0 Å². The summed E-state index contributed by atoms with van der Waals surface area (Å²) in [5.74, 6) is 2.01.